The van der Waals surface area contributed by atoms with Crippen LogP contribution in [0.5, 0.6) is 0 Å². The SMILES string of the molecule is CCCC(N)CC(=O)N1CCC(C)(C)CC1. The van der Waals surface area contributed by atoms with E-state index in [1.54, 1.807) is 0 Å². The highest BCUT2D eigenvalue weighted by Gasteiger charge is 2.28. The molecule has 0 aromatic heterocycles. The molecule has 0 aliphatic carbocycles. The maximum atomic E-state index is 11.9. The first-order chi connectivity index (χ1) is 7.44. The fourth-order valence-electron chi connectivity index (χ4n) is 2.19. The Hall–Kier alpha value is -0.570. The van der Waals surface area contributed by atoms with Gasteiger partial charge in [0.15, 0.2) is 0 Å². The number of piperidine rings is 1. The average molecular weight is 226 g/mol. The molecule has 0 spiro atoms. The number of hydrogen-bond acceptors (Lipinski definition) is 2. The normalized spacial score (nSPS) is 21.9. The minimum atomic E-state index is 0.0486. The van der Waals surface area contributed by atoms with Gasteiger partial charge in [-0.05, 0) is 24.7 Å². The van der Waals surface area contributed by atoms with Crippen LogP contribution in [0.3, 0.4) is 0 Å². The molecule has 1 fully saturated rings. The summed E-state index contributed by atoms with van der Waals surface area (Å²) in [6, 6.07) is 0.0486. The lowest BCUT2D eigenvalue weighted by molar-refractivity contribution is -0.133. The summed E-state index contributed by atoms with van der Waals surface area (Å²) in [5, 5.41) is 0. The van der Waals surface area contributed by atoms with Crippen molar-refractivity contribution in [1.29, 1.82) is 0 Å². The lowest BCUT2D eigenvalue weighted by Gasteiger charge is -2.37. The second-order valence-corrected chi connectivity index (χ2v) is 5.80. The summed E-state index contributed by atoms with van der Waals surface area (Å²) in [5.74, 6) is 0.247. The third-order valence-electron chi connectivity index (χ3n) is 3.57. The Labute approximate surface area is 99.4 Å². The van der Waals surface area contributed by atoms with Crippen LogP contribution < -0.4 is 5.73 Å². The Morgan fingerprint density at radius 1 is 1.38 bits per heavy atom. The number of hydrogen-bond donors (Lipinski definition) is 1. The number of carbonyl (C=O) groups excluding carboxylic acids is 1. The molecular weight excluding hydrogens is 200 g/mol. The van der Waals surface area contributed by atoms with E-state index in [9.17, 15) is 4.79 Å². The van der Waals surface area contributed by atoms with Gasteiger partial charge in [0.25, 0.3) is 0 Å². The highest BCUT2D eigenvalue weighted by atomic mass is 16.2. The van der Waals surface area contributed by atoms with Crippen LogP contribution in [-0.2, 0) is 4.79 Å². The van der Waals surface area contributed by atoms with Crippen molar-refractivity contribution in [3.63, 3.8) is 0 Å². The maximum absolute atomic E-state index is 11.9. The number of nitrogens with two attached hydrogens (primary N) is 1. The monoisotopic (exact) mass is 226 g/mol. The Morgan fingerprint density at radius 3 is 2.44 bits per heavy atom. The summed E-state index contributed by atoms with van der Waals surface area (Å²) in [7, 11) is 0. The molecule has 3 nitrogen and oxygen atoms in total. The molecule has 1 heterocycles. The molecule has 1 aliphatic heterocycles. The summed E-state index contributed by atoms with van der Waals surface area (Å²) in [4.78, 5) is 13.9. The van der Waals surface area contributed by atoms with Crippen molar-refractivity contribution in [3.8, 4) is 0 Å². The lowest BCUT2D eigenvalue weighted by Crippen LogP contribution is -2.43. The van der Waals surface area contributed by atoms with Crippen molar-refractivity contribution in [2.75, 3.05) is 13.1 Å². The van der Waals surface area contributed by atoms with Gasteiger partial charge in [-0.2, -0.15) is 0 Å². The summed E-state index contributed by atoms with van der Waals surface area (Å²) in [6.07, 6.45) is 4.75. The quantitative estimate of drug-likeness (QED) is 0.798. The highest BCUT2D eigenvalue weighted by Crippen LogP contribution is 2.29. The Balaban J connectivity index is 2.33. The van der Waals surface area contributed by atoms with Gasteiger partial charge in [-0.25, -0.2) is 0 Å². The molecule has 1 rings (SSSR count). The molecule has 2 N–H and O–H groups in total. The first-order valence-corrected chi connectivity index (χ1v) is 6.48. The van der Waals surface area contributed by atoms with E-state index in [1.165, 1.54) is 0 Å². The van der Waals surface area contributed by atoms with E-state index in [0.717, 1.165) is 38.8 Å². The van der Waals surface area contributed by atoms with E-state index >= 15 is 0 Å². The summed E-state index contributed by atoms with van der Waals surface area (Å²) >= 11 is 0. The Morgan fingerprint density at radius 2 is 1.94 bits per heavy atom. The van der Waals surface area contributed by atoms with Crippen LogP contribution in [0.4, 0.5) is 0 Å². The zero-order valence-corrected chi connectivity index (χ0v) is 11.0. The minimum absolute atomic E-state index is 0.0486. The molecule has 3 heteroatoms. The molecule has 0 saturated carbocycles. The Bertz CT molecular complexity index is 228. The van der Waals surface area contributed by atoms with Gasteiger partial charge in [0.1, 0.15) is 0 Å². The molecule has 1 amide bonds. The molecule has 0 aromatic carbocycles. The third kappa shape index (κ3) is 4.12. The van der Waals surface area contributed by atoms with Crippen LogP contribution in [-0.4, -0.2) is 29.9 Å². The summed E-state index contributed by atoms with van der Waals surface area (Å²) < 4.78 is 0. The van der Waals surface area contributed by atoms with Gasteiger partial charge in [-0.3, -0.25) is 4.79 Å². The second-order valence-electron chi connectivity index (χ2n) is 5.80. The number of amides is 1. The predicted octanol–water partition coefficient (Wildman–Crippen LogP) is 2.15. The summed E-state index contributed by atoms with van der Waals surface area (Å²) in [6.45, 7) is 8.47. The maximum Gasteiger partial charge on any atom is 0.224 e. The molecule has 1 saturated heterocycles. The molecule has 0 radical (unpaired) electrons. The topological polar surface area (TPSA) is 46.3 Å². The standard InChI is InChI=1S/C13H26N2O/c1-4-5-11(14)10-12(16)15-8-6-13(2,3)7-9-15/h11H,4-10,14H2,1-3H3. The zero-order chi connectivity index (χ0) is 12.2. The van der Waals surface area contributed by atoms with Crippen LogP contribution in [0.1, 0.15) is 52.9 Å². The predicted molar refractivity (Wildman–Crippen MR) is 67.1 cm³/mol. The van der Waals surface area contributed by atoms with E-state index in [2.05, 4.69) is 20.8 Å². The van der Waals surface area contributed by atoms with E-state index in [4.69, 9.17) is 5.73 Å². The molecular formula is C13H26N2O. The largest absolute Gasteiger partial charge is 0.343 e. The van der Waals surface area contributed by atoms with Crippen LogP contribution >= 0.6 is 0 Å². The van der Waals surface area contributed by atoms with E-state index in [1.807, 2.05) is 4.90 Å². The fraction of sp³-hybridized carbons (Fsp3) is 0.923. The molecule has 1 aliphatic rings. The first-order valence-electron chi connectivity index (χ1n) is 6.48. The van der Waals surface area contributed by atoms with E-state index < -0.39 is 0 Å². The van der Waals surface area contributed by atoms with E-state index in [0.29, 0.717) is 11.8 Å². The van der Waals surface area contributed by atoms with Gasteiger partial charge in [-0.15, -0.1) is 0 Å². The van der Waals surface area contributed by atoms with Crippen LogP contribution in [0.15, 0.2) is 0 Å². The highest BCUT2D eigenvalue weighted by molar-refractivity contribution is 5.76. The molecule has 0 bridgehead atoms. The van der Waals surface area contributed by atoms with Gasteiger partial charge in [0, 0.05) is 25.6 Å². The second kappa shape index (κ2) is 5.67. The number of carbonyl (C=O) groups is 1. The van der Waals surface area contributed by atoms with Gasteiger partial charge < -0.3 is 10.6 Å². The Kier molecular flexibility index (Phi) is 4.78. The van der Waals surface area contributed by atoms with Gasteiger partial charge in [-0.1, -0.05) is 27.2 Å². The van der Waals surface area contributed by atoms with Crippen molar-refractivity contribution in [2.24, 2.45) is 11.1 Å². The number of likely N-dealkylation sites (tertiary alicyclic amines) is 1. The van der Waals surface area contributed by atoms with Crippen molar-refractivity contribution >= 4 is 5.91 Å². The molecule has 1 atom stereocenters. The van der Waals surface area contributed by atoms with Gasteiger partial charge in [0.2, 0.25) is 5.91 Å². The van der Waals surface area contributed by atoms with Gasteiger partial charge in [0.05, 0.1) is 0 Å². The minimum Gasteiger partial charge on any atom is -0.343 e. The first kappa shape index (κ1) is 13.5. The summed E-state index contributed by atoms with van der Waals surface area (Å²) in [5.41, 5.74) is 6.30. The molecule has 1 unspecified atom stereocenters. The average Bonchev–Trinajstić information content (AvgIpc) is 2.17. The zero-order valence-electron chi connectivity index (χ0n) is 11.0. The number of rotatable bonds is 4. The van der Waals surface area contributed by atoms with Crippen molar-refractivity contribution in [1.82, 2.24) is 4.90 Å². The van der Waals surface area contributed by atoms with Gasteiger partial charge >= 0.3 is 0 Å². The fourth-order valence-corrected chi connectivity index (χ4v) is 2.19. The van der Waals surface area contributed by atoms with E-state index in [-0.39, 0.29) is 11.9 Å². The number of nitrogens with zero attached hydrogens (tertiary/aromatic N) is 1. The third-order valence-corrected chi connectivity index (χ3v) is 3.57. The van der Waals surface area contributed by atoms with Crippen molar-refractivity contribution in [3.05, 3.63) is 0 Å². The van der Waals surface area contributed by atoms with Crippen LogP contribution in [0.25, 0.3) is 0 Å². The van der Waals surface area contributed by atoms with Crippen LogP contribution in [0, 0.1) is 5.41 Å². The lowest BCUT2D eigenvalue weighted by atomic mass is 9.82. The molecule has 0 aromatic rings. The molecule has 16 heavy (non-hydrogen) atoms. The van der Waals surface area contributed by atoms with Crippen LogP contribution in [0.2, 0.25) is 0 Å². The van der Waals surface area contributed by atoms with Crippen molar-refractivity contribution in [2.45, 2.75) is 58.9 Å². The molecule has 94 valence electrons. The smallest absolute Gasteiger partial charge is 0.224 e. The van der Waals surface area contributed by atoms with Crippen molar-refractivity contribution < 1.29 is 4.79 Å².